The zero-order valence-corrected chi connectivity index (χ0v) is 10.1. The highest BCUT2D eigenvalue weighted by molar-refractivity contribution is 5.78. The summed E-state index contributed by atoms with van der Waals surface area (Å²) in [6.07, 6.45) is 3.96. The lowest BCUT2D eigenvalue weighted by molar-refractivity contribution is -0.119. The minimum atomic E-state index is 0.214. The molecule has 0 radical (unpaired) electrons. The van der Waals surface area contributed by atoms with Gasteiger partial charge in [0.05, 0.1) is 0 Å². The molecule has 4 heteroatoms. The Bertz CT molecular complexity index is 257. The zero-order valence-electron chi connectivity index (χ0n) is 10.1. The summed E-state index contributed by atoms with van der Waals surface area (Å²) >= 11 is 0. The summed E-state index contributed by atoms with van der Waals surface area (Å²) in [5.74, 6) is 0.844. The maximum atomic E-state index is 11.1. The Morgan fingerprint density at radius 1 is 1.50 bits per heavy atom. The van der Waals surface area contributed by atoms with Gasteiger partial charge in [-0.2, -0.15) is 0 Å². The molecule has 0 aromatic heterocycles. The van der Waals surface area contributed by atoms with E-state index >= 15 is 0 Å². The molecule has 2 rings (SSSR count). The number of nitrogens with one attached hydrogen (secondary N) is 1. The summed E-state index contributed by atoms with van der Waals surface area (Å²) in [5, 5.41) is 3.03. The smallest absolute Gasteiger partial charge is 0.220 e. The number of nitrogens with two attached hydrogens (primary N) is 1. The first-order valence-electron chi connectivity index (χ1n) is 6.46. The van der Waals surface area contributed by atoms with Crippen molar-refractivity contribution in [1.29, 1.82) is 0 Å². The second-order valence-corrected chi connectivity index (χ2v) is 5.18. The van der Waals surface area contributed by atoms with Crippen LogP contribution in [0.4, 0.5) is 0 Å². The van der Waals surface area contributed by atoms with Gasteiger partial charge >= 0.3 is 0 Å². The van der Waals surface area contributed by atoms with E-state index in [4.69, 9.17) is 5.73 Å². The third-order valence-electron chi connectivity index (χ3n) is 3.96. The number of hydrogen-bond acceptors (Lipinski definition) is 3. The van der Waals surface area contributed by atoms with E-state index in [-0.39, 0.29) is 5.91 Å². The first-order chi connectivity index (χ1) is 7.69. The second-order valence-electron chi connectivity index (χ2n) is 5.18. The topological polar surface area (TPSA) is 58.4 Å². The van der Waals surface area contributed by atoms with Gasteiger partial charge in [0.1, 0.15) is 0 Å². The Balaban J connectivity index is 1.80. The van der Waals surface area contributed by atoms with Crippen molar-refractivity contribution >= 4 is 5.91 Å². The third kappa shape index (κ3) is 2.74. The number of carbonyl (C=O) groups is 1. The Hall–Kier alpha value is -0.610. The van der Waals surface area contributed by atoms with Gasteiger partial charge in [-0.3, -0.25) is 4.79 Å². The number of piperidine rings is 1. The van der Waals surface area contributed by atoms with Crippen LogP contribution in [0.3, 0.4) is 0 Å². The van der Waals surface area contributed by atoms with Crippen LogP contribution in [0.15, 0.2) is 0 Å². The van der Waals surface area contributed by atoms with Crippen molar-refractivity contribution in [2.75, 3.05) is 19.6 Å². The summed E-state index contributed by atoms with van der Waals surface area (Å²) < 4.78 is 0. The van der Waals surface area contributed by atoms with Crippen LogP contribution in [0.25, 0.3) is 0 Å². The molecule has 0 saturated carbocycles. The first-order valence-corrected chi connectivity index (χ1v) is 6.46. The monoisotopic (exact) mass is 225 g/mol. The Morgan fingerprint density at radius 2 is 2.31 bits per heavy atom. The van der Waals surface area contributed by atoms with E-state index < -0.39 is 0 Å². The molecule has 2 fully saturated rings. The Morgan fingerprint density at radius 3 is 2.94 bits per heavy atom. The highest BCUT2D eigenvalue weighted by Crippen LogP contribution is 2.19. The number of amides is 1. The molecule has 1 amide bonds. The Labute approximate surface area is 97.6 Å². The average molecular weight is 225 g/mol. The van der Waals surface area contributed by atoms with E-state index in [0.717, 1.165) is 38.9 Å². The van der Waals surface area contributed by atoms with Gasteiger partial charge in [0, 0.05) is 31.6 Å². The summed E-state index contributed by atoms with van der Waals surface area (Å²) in [6.45, 7) is 5.41. The second kappa shape index (κ2) is 5.15. The van der Waals surface area contributed by atoms with E-state index in [1.54, 1.807) is 0 Å². The van der Waals surface area contributed by atoms with Crippen molar-refractivity contribution in [2.24, 2.45) is 11.7 Å². The maximum absolute atomic E-state index is 11.1. The molecule has 2 heterocycles. The van der Waals surface area contributed by atoms with E-state index in [0.29, 0.717) is 24.4 Å². The van der Waals surface area contributed by atoms with Gasteiger partial charge in [-0.1, -0.05) is 13.3 Å². The number of rotatable bonds is 3. The third-order valence-corrected chi connectivity index (χ3v) is 3.96. The fourth-order valence-corrected chi connectivity index (χ4v) is 2.85. The van der Waals surface area contributed by atoms with Gasteiger partial charge in [0.2, 0.25) is 5.91 Å². The van der Waals surface area contributed by atoms with Crippen LogP contribution in [0, 0.1) is 5.92 Å². The van der Waals surface area contributed by atoms with Gasteiger partial charge in [-0.15, -0.1) is 0 Å². The van der Waals surface area contributed by atoms with Crippen LogP contribution in [-0.4, -0.2) is 42.5 Å². The van der Waals surface area contributed by atoms with E-state index in [9.17, 15) is 4.79 Å². The summed E-state index contributed by atoms with van der Waals surface area (Å²) in [4.78, 5) is 13.6. The molecule has 0 spiro atoms. The van der Waals surface area contributed by atoms with Gasteiger partial charge in [0.25, 0.3) is 0 Å². The van der Waals surface area contributed by atoms with Crippen molar-refractivity contribution in [3.63, 3.8) is 0 Å². The molecule has 0 aromatic rings. The van der Waals surface area contributed by atoms with Crippen LogP contribution in [0.1, 0.15) is 32.6 Å². The van der Waals surface area contributed by atoms with Crippen LogP contribution in [0.5, 0.6) is 0 Å². The molecule has 3 atom stereocenters. The van der Waals surface area contributed by atoms with Crippen LogP contribution < -0.4 is 11.1 Å². The molecule has 0 aliphatic carbocycles. The molecule has 3 unspecified atom stereocenters. The van der Waals surface area contributed by atoms with Crippen molar-refractivity contribution in [1.82, 2.24) is 10.2 Å². The summed E-state index contributed by atoms with van der Waals surface area (Å²) in [5.41, 5.74) is 6.09. The quantitative estimate of drug-likeness (QED) is 0.727. The van der Waals surface area contributed by atoms with Gasteiger partial charge in [0.15, 0.2) is 0 Å². The van der Waals surface area contributed by atoms with Crippen molar-refractivity contribution in [3.05, 3.63) is 0 Å². The van der Waals surface area contributed by atoms with Gasteiger partial charge in [-0.05, 0) is 25.3 Å². The summed E-state index contributed by atoms with van der Waals surface area (Å²) in [6, 6.07) is 0.749. The predicted molar refractivity (Wildman–Crippen MR) is 64.0 cm³/mol. The van der Waals surface area contributed by atoms with E-state index in [2.05, 4.69) is 17.1 Å². The number of hydrogen-bond donors (Lipinski definition) is 2. The lowest BCUT2D eigenvalue weighted by Gasteiger charge is -2.37. The number of nitrogens with zero attached hydrogens (tertiary/aromatic N) is 1. The molecular formula is C12H23N3O. The normalized spacial score (nSPS) is 36.4. The molecule has 0 bridgehead atoms. The lowest BCUT2D eigenvalue weighted by Crippen LogP contribution is -2.50. The first kappa shape index (κ1) is 11.9. The van der Waals surface area contributed by atoms with Gasteiger partial charge in [-0.25, -0.2) is 0 Å². The minimum absolute atomic E-state index is 0.214. The van der Waals surface area contributed by atoms with Crippen molar-refractivity contribution in [2.45, 2.75) is 44.7 Å². The largest absolute Gasteiger partial charge is 0.352 e. The molecule has 92 valence electrons. The van der Waals surface area contributed by atoms with Gasteiger partial charge < -0.3 is 16.0 Å². The van der Waals surface area contributed by atoms with Crippen LogP contribution in [-0.2, 0) is 4.79 Å². The number of likely N-dealkylation sites (tertiary alicyclic amines) is 1. The van der Waals surface area contributed by atoms with E-state index in [1.165, 1.54) is 0 Å². The molecule has 4 nitrogen and oxygen atoms in total. The molecule has 3 N–H and O–H groups in total. The molecule has 2 saturated heterocycles. The minimum Gasteiger partial charge on any atom is -0.352 e. The SMILES string of the molecule is CCC1CN(CC2CCC(=O)N2)CCC1N. The molecule has 0 aromatic carbocycles. The lowest BCUT2D eigenvalue weighted by atomic mass is 9.90. The van der Waals surface area contributed by atoms with Crippen LogP contribution >= 0.6 is 0 Å². The van der Waals surface area contributed by atoms with E-state index in [1.807, 2.05) is 0 Å². The highest BCUT2D eigenvalue weighted by Gasteiger charge is 2.28. The molecule has 16 heavy (non-hydrogen) atoms. The zero-order chi connectivity index (χ0) is 11.5. The molecule has 2 aliphatic heterocycles. The van der Waals surface area contributed by atoms with Crippen LogP contribution in [0.2, 0.25) is 0 Å². The highest BCUT2D eigenvalue weighted by atomic mass is 16.1. The number of carbonyl (C=O) groups excluding carboxylic acids is 1. The molecule has 2 aliphatic rings. The molecular weight excluding hydrogens is 202 g/mol. The predicted octanol–water partition coefficient (Wildman–Crippen LogP) is 0.324. The fourth-order valence-electron chi connectivity index (χ4n) is 2.85. The van der Waals surface area contributed by atoms with Crippen molar-refractivity contribution in [3.8, 4) is 0 Å². The fraction of sp³-hybridized carbons (Fsp3) is 0.917. The van der Waals surface area contributed by atoms with Crippen molar-refractivity contribution < 1.29 is 4.79 Å². The average Bonchev–Trinajstić information content (AvgIpc) is 2.67. The maximum Gasteiger partial charge on any atom is 0.220 e. The standard InChI is InChI=1S/C12H23N3O/c1-2-9-7-15(6-5-11(9)13)8-10-3-4-12(16)14-10/h9-11H,2-8,13H2,1H3,(H,14,16). The summed E-state index contributed by atoms with van der Waals surface area (Å²) in [7, 11) is 0. The Kier molecular flexibility index (Phi) is 3.82.